The maximum Gasteiger partial charge on any atom is 0.220 e. The molecule has 0 saturated carbocycles. The molecule has 1 aromatic carbocycles. The average molecular weight is 248 g/mol. The second-order valence-corrected chi connectivity index (χ2v) is 4.72. The zero-order valence-corrected chi connectivity index (χ0v) is 11.4. The van der Waals surface area contributed by atoms with Crippen LogP contribution in [0.4, 0.5) is 0 Å². The van der Waals surface area contributed by atoms with E-state index in [1.807, 2.05) is 12.1 Å². The van der Waals surface area contributed by atoms with Gasteiger partial charge in [-0.3, -0.25) is 4.79 Å². The van der Waals surface area contributed by atoms with E-state index in [-0.39, 0.29) is 11.9 Å². The van der Waals surface area contributed by atoms with Crippen LogP contribution in [0, 0.1) is 6.92 Å². The minimum atomic E-state index is 0.0992. The highest BCUT2D eigenvalue weighted by molar-refractivity contribution is 5.76. The number of nitrogens with one attached hydrogen (secondary N) is 1. The van der Waals surface area contributed by atoms with Gasteiger partial charge in [-0.1, -0.05) is 37.6 Å². The summed E-state index contributed by atoms with van der Waals surface area (Å²) in [7, 11) is 0. The van der Waals surface area contributed by atoms with Gasteiger partial charge in [-0.2, -0.15) is 0 Å². The normalized spacial score (nSPS) is 12.2. The standard InChI is InChI=1S/C15H24N2O/c1-3-6-14(11-16)17-15(18)10-9-13-8-5-4-7-12(13)2/h4-5,7-8,14H,3,6,9-11,16H2,1-2H3,(H,17,18). The number of carbonyl (C=O) groups excluding carboxylic acids is 1. The summed E-state index contributed by atoms with van der Waals surface area (Å²) in [5.74, 6) is 0.0992. The average Bonchev–Trinajstić information content (AvgIpc) is 2.37. The van der Waals surface area contributed by atoms with Crippen LogP contribution in [0.25, 0.3) is 0 Å². The third kappa shape index (κ3) is 4.88. The van der Waals surface area contributed by atoms with Gasteiger partial charge in [0.2, 0.25) is 5.91 Å². The van der Waals surface area contributed by atoms with Crippen LogP contribution in [0.5, 0.6) is 0 Å². The topological polar surface area (TPSA) is 55.1 Å². The van der Waals surface area contributed by atoms with E-state index in [0.717, 1.165) is 19.3 Å². The molecule has 3 nitrogen and oxygen atoms in total. The van der Waals surface area contributed by atoms with E-state index in [0.29, 0.717) is 13.0 Å². The van der Waals surface area contributed by atoms with Gasteiger partial charge in [0, 0.05) is 19.0 Å². The summed E-state index contributed by atoms with van der Waals surface area (Å²) in [6.45, 7) is 4.69. The van der Waals surface area contributed by atoms with Gasteiger partial charge in [-0.15, -0.1) is 0 Å². The molecule has 1 rings (SSSR count). The minimum absolute atomic E-state index is 0.0992. The van der Waals surface area contributed by atoms with Crippen LogP contribution < -0.4 is 11.1 Å². The zero-order chi connectivity index (χ0) is 13.4. The lowest BCUT2D eigenvalue weighted by molar-refractivity contribution is -0.121. The molecule has 18 heavy (non-hydrogen) atoms. The fraction of sp³-hybridized carbons (Fsp3) is 0.533. The van der Waals surface area contributed by atoms with Crippen molar-refractivity contribution >= 4 is 5.91 Å². The molecule has 3 heteroatoms. The minimum Gasteiger partial charge on any atom is -0.352 e. The number of benzene rings is 1. The van der Waals surface area contributed by atoms with Crippen molar-refractivity contribution in [2.75, 3.05) is 6.54 Å². The molecule has 0 bridgehead atoms. The van der Waals surface area contributed by atoms with Crippen molar-refractivity contribution in [2.24, 2.45) is 5.73 Å². The molecule has 0 aliphatic carbocycles. The summed E-state index contributed by atoms with van der Waals surface area (Å²) in [5.41, 5.74) is 8.11. The van der Waals surface area contributed by atoms with Crippen molar-refractivity contribution in [1.29, 1.82) is 0 Å². The quantitative estimate of drug-likeness (QED) is 0.777. The molecule has 100 valence electrons. The molecule has 0 fully saturated rings. The summed E-state index contributed by atoms with van der Waals surface area (Å²) < 4.78 is 0. The summed E-state index contributed by atoms with van der Waals surface area (Å²) >= 11 is 0. The number of amides is 1. The molecule has 1 unspecified atom stereocenters. The molecule has 0 aromatic heterocycles. The van der Waals surface area contributed by atoms with Crippen molar-refractivity contribution in [3.63, 3.8) is 0 Å². The Balaban J connectivity index is 2.39. The van der Waals surface area contributed by atoms with Crippen LogP contribution in [-0.4, -0.2) is 18.5 Å². The van der Waals surface area contributed by atoms with Gasteiger partial charge < -0.3 is 11.1 Å². The number of hydrogen-bond acceptors (Lipinski definition) is 2. The van der Waals surface area contributed by atoms with Gasteiger partial charge in [-0.05, 0) is 30.9 Å². The summed E-state index contributed by atoms with van der Waals surface area (Å²) in [6.07, 6.45) is 3.32. The van der Waals surface area contributed by atoms with E-state index in [1.54, 1.807) is 0 Å². The van der Waals surface area contributed by atoms with Gasteiger partial charge in [0.15, 0.2) is 0 Å². The molecule has 0 saturated heterocycles. The third-order valence-corrected chi connectivity index (χ3v) is 3.17. The Kier molecular flexibility index (Phi) is 6.44. The predicted molar refractivity (Wildman–Crippen MR) is 75.4 cm³/mol. The van der Waals surface area contributed by atoms with Crippen LogP contribution in [-0.2, 0) is 11.2 Å². The van der Waals surface area contributed by atoms with Crippen LogP contribution >= 0.6 is 0 Å². The molecule has 1 amide bonds. The maximum atomic E-state index is 11.8. The highest BCUT2D eigenvalue weighted by Crippen LogP contribution is 2.09. The number of carbonyl (C=O) groups is 1. The molecule has 1 atom stereocenters. The largest absolute Gasteiger partial charge is 0.352 e. The summed E-state index contributed by atoms with van der Waals surface area (Å²) in [4.78, 5) is 11.8. The first-order valence-corrected chi connectivity index (χ1v) is 6.71. The number of hydrogen-bond donors (Lipinski definition) is 2. The number of aryl methyl sites for hydroxylation is 2. The molecule has 1 aromatic rings. The van der Waals surface area contributed by atoms with Crippen molar-refractivity contribution < 1.29 is 4.79 Å². The first kappa shape index (κ1) is 14.7. The second kappa shape index (κ2) is 7.88. The molecular weight excluding hydrogens is 224 g/mol. The Morgan fingerprint density at radius 3 is 2.72 bits per heavy atom. The maximum absolute atomic E-state index is 11.8. The van der Waals surface area contributed by atoms with Crippen LogP contribution in [0.2, 0.25) is 0 Å². The zero-order valence-electron chi connectivity index (χ0n) is 11.4. The van der Waals surface area contributed by atoms with Crippen molar-refractivity contribution in [1.82, 2.24) is 5.32 Å². The smallest absolute Gasteiger partial charge is 0.220 e. The Labute approximate surface area is 110 Å². The van der Waals surface area contributed by atoms with E-state index in [2.05, 4.69) is 31.3 Å². The highest BCUT2D eigenvalue weighted by atomic mass is 16.1. The fourth-order valence-corrected chi connectivity index (χ4v) is 2.04. The van der Waals surface area contributed by atoms with Crippen molar-refractivity contribution in [2.45, 2.75) is 45.6 Å². The van der Waals surface area contributed by atoms with Crippen LogP contribution in [0.3, 0.4) is 0 Å². The fourth-order valence-electron chi connectivity index (χ4n) is 2.04. The summed E-state index contributed by atoms with van der Waals surface area (Å²) in [6, 6.07) is 8.31. The Hall–Kier alpha value is -1.35. The van der Waals surface area contributed by atoms with Gasteiger partial charge in [0.1, 0.15) is 0 Å². The molecule has 0 radical (unpaired) electrons. The van der Waals surface area contributed by atoms with E-state index in [9.17, 15) is 4.79 Å². The lowest BCUT2D eigenvalue weighted by Crippen LogP contribution is -2.40. The first-order chi connectivity index (χ1) is 8.67. The monoisotopic (exact) mass is 248 g/mol. The Morgan fingerprint density at radius 2 is 2.11 bits per heavy atom. The van der Waals surface area contributed by atoms with E-state index in [4.69, 9.17) is 5.73 Å². The molecular formula is C15H24N2O. The predicted octanol–water partition coefficient (Wildman–Crippen LogP) is 2.17. The van der Waals surface area contributed by atoms with Crippen LogP contribution in [0.15, 0.2) is 24.3 Å². The first-order valence-electron chi connectivity index (χ1n) is 6.71. The van der Waals surface area contributed by atoms with Crippen LogP contribution in [0.1, 0.15) is 37.3 Å². The number of rotatable bonds is 7. The van der Waals surface area contributed by atoms with E-state index < -0.39 is 0 Å². The van der Waals surface area contributed by atoms with E-state index in [1.165, 1.54) is 11.1 Å². The van der Waals surface area contributed by atoms with E-state index >= 15 is 0 Å². The van der Waals surface area contributed by atoms with Gasteiger partial charge in [-0.25, -0.2) is 0 Å². The summed E-state index contributed by atoms with van der Waals surface area (Å²) in [5, 5.41) is 2.99. The molecule has 0 spiro atoms. The second-order valence-electron chi connectivity index (χ2n) is 4.72. The lowest BCUT2D eigenvalue weighted by Gasteiger charge is -2.16. The lowest BCUT2D eigenvalue weighted by atomic mass is 10.0. The number of nitrogens with two attached hydrogens (primary N) is 1. The third-order valence-electron chi connectivity index (χ3n) is 3.17. The Morgan fingerprint density at radius 1 is 1.39 bits per heavy atom. The molecule has 0 aliphatic heterocycles. The Bertz CT molecular complexity index is 377. The molecule has 0 aliphatic rings. The van der Waals surface area contributed by atoms with Gasteiger partial charge in [0.25, 0.3) is 0 Å². The van der Waals surface area contributed by atoms with Gasteiger partial charge >= 0.3 is 0 Å². The SMILES string of the molecule is CCCC(CN)NC(=O)CCc1ccccc1C. The highest BCUT2D eigenvalue weighted by Gasteiger charge is 2.09. The van der Waals surface area contributed by atoms with Crippen molar-refractivity contribution in [3.05, 3.63) is 35.4 Å². The van der Waals surface area contributed by atoms with Crippen molar-refractivity contribution in [3.8, 4) is 0 Å². The molecule has 0 heterocycles. The molecule has 3 N–H and O–H groups in total. The van der Waals surface area contributed by atoms with Gasteiger partial charge in [0.05, 0.1) is 0 Å².